The van der Waals surface area contributed by atoms with Crippen LogP contribution in [0.5, 0.6) is 0 Å². The van der Waals surface area contributed by atoms with E-state index < -0.39 is 6.04 Å². The van der Waals surface area contributed by atoms with Crippen LogP contribution in [0.15, 0.2) is 0 Å². The molecule has 1 unspecified atom stereocenters. The number of hydrogen-bond acceptors (Lipinski definition) is 3. The van der Waals surface area contributed by atoms with Crippen molar-refractivity contribution in [3.8, 4) is 0 Å². The van der Waals surface area contributed by atoms with Gasteiger partial charge in [-0.05, 0) is 18.3 Å². The van der Waals surface area contributed by atoms with Crippen LogP contribution in [-0.2, 0) is 9.53 Å². The second-order valence-corrected chi connectivity index (χ2v) is 5.23. The Kier molecular flexibility index (Phi) is 4.59. The van der Waals surface area contributed by atoms with Crippen molar-refractivity contribution in [2.75, 3.05) is 0 Å². The Labute approximate surface area is 87.0 Å². The molecular formula is C11H23NO2. The van der Waals surface area contributed by atoms with E-state index in [4.69, 9.17) is 10.5 Å². The second kappa shape index (κ2) is 4.78. The summed E-state index contributed by atoms with van der Waals surface area (Å²) in [4.78, 5) is 11.6. The maximum absolute atomic E-state index is 11.6. The summed E-state index contributed by atoms with van der Waals surface area (Å²) in [5, 5.41) is 0. The van der Waals surface area contributed by atoms with Crippen LogP contribution in [0, 0.1) is 11.3 Å². The Morgan fingerprint density at radius 2 is 1.64 bits per heavy atom. The molecule has 84 valence electrons. The summed E-state index contributed by atoms with van der Waals surface area (Å²) < 4.78 is 5.24. The third-order valence-electron chi connectivity index (χ3n) is 2.43. The molecule has 0 amide bonds. The number of ether oxygens (including phenoxy) is 1. The fraction of sp³-hybridized carbons (Fsp3) is 0.909. The number of rotatable bonds is 3. The lowest BCUT2D eigenvalue weighted by molar-refractivity contribution is -0.154. The van der Waals surface area contributed by atoms with Gasteiger partial charge in [-0.3, -0.25) is 4.79 Å². The SMILES string of the molecule is CC(C)C(C)OC(=O)[C@H](N)C(C)(C)C. The van der Waals surface area contributed by atoms with Gasteiger partial charge < -0.3 is 10.5 Å². The summed E-state index contributed by atoms with van der Waals surface area (Å²) in [5.41, 5.74) is 5.53. The van der Waals surface area contributed by atoms with Gasteiger partial charge in [-0.1, -0.05) is 34.6 Å². The fourth-order valence-electron chi connectivity index (χ4n) is 0.746. The third kappa shape index (κ3) is 4.09. The molecule has 0 aromatic rings. The maximum Gasteiger partial charge on any atom is 0.323 e. The Bertz CT molecular complexity index is 194. The van der Waals surface area contributed by atoms with Crippen LogP contribution in [-0.4, -0.2) is 18.1 Å². The van der Waals surface area contributed by atoms with Crippen LogP contribution >= 0.6 is 0 Å². The van der Waals surface area contributed by atoms with Gasteiger partial charge in [0.05, 0.1) is 0 Å². The minimum absolute atomic E-state index is 0.0732. The van der Waals surface area contributed by atoms with E-state index in [1.54, 1.807) is 0 Å². The first-order chi connectivity index (χ1) is 6.16. The molecule has 0 aliphatic heterocycles. The lowest BCUT2D eigenvalue weighted by Gasteiger charge is -2.27. The molecule has 0 heterocycles. The van der Waals surface area contributed by atoms with Crippen molar-refractivity contribution in [3.05, 3.63) is 0 Å². The van der Waals surface area contributed by atoms with E-state index in [1.165, 1.54) is 0 Å². The summed E-state index contributed by atoms with van der Waals surface area (Å²) in [6, 6.07) is -0.552. The van der Waals surface area contributed by atoms with Crippen LogP contribution in [0.3, 0.4) is 0 Å². The number of hydrogen-bond donors (Lipinski definition) is 1. The Balaban J connectivity index is 4.23. The van der Waals surface area contributed by atoms with Crippen LogP contribution < -0.4 is 5.73 Å². The second-order valence-electron chi connectivity index (χ2n) is 5.23. The van der Waals surface area contributed by atoms with Crippen LogP contribution in [0.25, 0.3) is 0 Å². The summed E-state index contributed by atoms with van der Waals surface area (Å²) in [7, 11) is 0. The highest BCUT2D eigenvalue weighted by atomic mass is 16.5. The zero-order chi connectivity index (χ0) is 11.5. The van der Waals surface area contributed by atoms with Gasteiger partial charge in [0.1, 0.15) is 12.1 Å². The molecule has 0 radical (unpaired) electrons. The Hall–Kier alpha value is -0.570. The first-order valence-corrected chi connectivity index (χ1v) is 5.12. The highest BCUT2D eigenvalue weighted by molar-refractivity contribution is 5.76. The molecule has 0 aromatic carbocycles. The van der Waals surface area contributed by atoms with Gasteiger partial charge >= 0.3 is 5.97 Å². The van der Waals surface area contributed by atoms with Crippen molar-refractivity contribution in [1.82, 2.24) is 0 Å². The average Bonchev–Trinajstić information content (AvgIpc) is 2.00. The molecule has 2 atom stereocenters. The summed E-state index contributed by atoms with van der Waals surface area (Å²) >= 11 is 0. The minimum Gasteiger partial charge on any atom is -0.461 e. The predicted molar refractivity (Wildman–Crippen MR) is 57.8 cm³/mol. The Morgan fingerprint density at radius 1 is 1.21 bits per heavy atom. The van der Waals surface area contributed by atoms with E-state index >= 15 is 0 Å². The summed E-state index contributed by atoms with van der Waals surface area (Å²) in [6.45, 7) is 11.7. The van der Waals surface area contributed by atoms with Gasteiger partial charge in [0.2, 0.25) is 0 Å². The molecule has 0 saturated carbocycles. The molecule has 3 nitrogen and oxygen atoms in total. The lowest BCUT2D eigenvalue weighted by Crippen LogP contribution is -2.44. The van der Waals surface area contributed by atoms with Crippen molar-refractivity contribution >= 4 is 5.97 Å². The molecule has 2 N–H and O–H groups in total. The highest BCUT2D eigenvalue weighted by Gasteiger charge is 2.30. The molecule has 0 aliphatic carbocycles. The van der Waals surface area contributed by atoms with Gasteiger partial charge in [0, 0.05) is 0 Å². The van der Waals surface area contributed by atoms with E-state index in [9.17, 15) is 4.79 Å². The highest BCUT2D eigenvalue weighted by Crippen LogP contribution is 2.19. The maximum atomic E-state index is 11.6. The first-order valence-electron chi connectivity index (χ1n) is 5.12. The quantitative estimate of drug-likeness (QED) is 0.710. The van der Waals surface area contributed by atoms with Crippen molar-refractivity contribution in [2.45, 2.75) is 53.7 Å². The van der Waals surface area contributed by atoms with Crippen LogP contribution in [0.2, 0.25) is 0 Å². The molecular weight excluding hydrogens is 178 g/mol. The molecule has 0 fully saturated rings. The van der Waals surface area contributed by atoms with E-state index in [1.807, 2.05) is 41.5 Å². The van der Waals surface area contributed by atoms with Crippen molar-refractivity contribution < 1.29 is 9.53 Å². The van der Waals surface area contributed by atoms with E-state index in [2.05, 4.69) is 0 Å². The third-order valence-corrected chi connectivity index (χ3v) is 2.43. The van der Waals surface area contributed by atoms with E-state index in [-0.39, 0.29) is 17.5 Å². The van der Waals surface area contributed by atoms with Crippen LogP contribution in [0.1, 0.15) is 41.5 Å². The van der Waals surface area contributed by atoms with E-state index in [0.717, 1.165) is 0 Å². The number of nitrogens with two attached hydrogens (primary N) is 1. The zero-order valence-electron chi connectivity index (χ0n) is 10.1. The van der Waals surface area contributed by atoms with Gasteiger partial charge in [-0.25, -0.2) is 0 Å². The molecule has 0 spiro atoms. The van der Waals surface area contributed by atoms with E-state index in [0.29, 0.717) is 5.92 Å². The molecule has 0 aromatic heterocycles. The normalized spacial score (nSPS) is 16.6. The van der Waals surface area contributed by atoms with Gasteiger partial charge in [-0.15, -0.1) is 0 Å². The molecule has 0 rings (SSSR count). The monoisotopic (exact) mass is 201 g/mol. The molecule has 14 heavy (non-hydrogen) atoms. The summed E-state index contributed by atoms with van der Waals surface area (Å²) in [5.74, 6) is 0.0184. The van der Waals surface area contributed by atoms with Crippen molar-refractivity contribution in [1.29, 1.82) is 0 Å². The van der Waals surface area contributed by atoms with Crippen molar-refractivity contribution in [3.63, 3.8) is 0 Å². The molecule has 0 bridgehead atoms. The smallest absolute Gasteiger partial charge is 0.323 e. The first kappa shape index (κ1) is 13.4. The average molecular weight is 201 g/mol. The van der Waals surface area contributed by atoms with Crippen LogP contribution in [0.4, 0.5) is 0 Å². The van der Waals surface area contributed by atoms with Gasteiger partial charge in [-0.2, -0.15) is 0 Å². The van der Waals surface area contributed by atoms with Crippen molar-refractivity contribution in [2.24, 2.45) is 17.1 Å². The molecule has 3 heteroatoms. The predicted octanol–water partition coefficient (Wildman–Crippen LogP) is 1.95. The lowest BCUT2D eigenvalue weighted by atomic mass is 9.87. The molecule has 0 aliphatic rings. The minimum atomic E-state index is -0.552. The Morgan fingerprint density at radius 3 is 1.93 bits per heavy atom. The topological polar surface area (TPSA) is 52.3 Å². The number of carbonyl (C=O) groups is 1. The zero-order valence-corrected chi connectivity index (χ0v) is 10.1. The summed E-state index contributed by atoms with van der Waals surface area (Å²) in [6.07, 6.45) is -0.0732. The number of esters is 1. The largest absolute Gasteiger partial charge is 0.461 e. The van der Waals surface area contributed by atoms with Gasteiger partial charge in [0.15, 0.2) is 0 Å². The standard InChI is InChI=1S/C11H23NO2/c1-7(2)8(3)14-10(13)9(12)11(4,5)6/h7-9H,12H2,1-6H3/t8?,9-/m0/s1. The van der Waals surface area contributed by atoms with Gasteiger partial charge in [0.25, 0.3) is 0 Å². The number of carbonyl (C=O) groups excluding carboxylic acids is 1. The fourth-order valence-corrected chi connectivity index (χ4v) is 0.746. The molecule has 0 saturated heterocycles.